The first-order valence-electron chi connectivity index (χ1n) is 8.63. The number of nitrogens with zero attached hydrogens (tertiary/aromatic N) is 2. The largest absolute Gasteiger partial charge is 0.279 e. The number of benzene rings is 2. The third-order valence-electron chi connectivity index (χ3n) is 5.17. The smallest absolute Gasteiger partial charge is 0.0992 e. The molecule has 0 saturated carbocycles. The maximum Gasteiger partial charge on any atom is 0.0992 e. The van der Waals surface area contributed by atoms with Crippen LogP contribution in [-0.4, -0.2) is 22.5 Å². The molecular formula is C22H26N2. The molecule has 1 aliphatic rings. The second-order valence-corrected chi connectivity index (χ2v) is 7.27. The van der Waals surface area contributed by atoms with Gasteiger partial charge in [0.05, 0.1) is 11.1 Å². The lowest BCUT2D eigenvalue weighted by atomic mass is 9.81. The highest BCUT2D eigenvalue weighted by Crippen LogP contribution is 2.31. The molecule has 0 N–H and O–H groups in total. The molecule has 0 radical (unpaired) electrons. The van der Waals surface area contributed by atoms with E-state index in [0.29, 0.717) is 0 Å². The third kappa shape index (κ3) is 3.33. The van der Waals surface area contributed by atoms with E-state index in [1.54, 1.807) is 0 Å². The van der Waals surface area contributed by atoms with E-state index in [1.165, 1.54) is 11.1 Å². The Morgan fingerprint density at radius 2 is 0.958 bits per heavy atom. The van der Waals surface area contributed by atoms with Gasteiger partial charge in [-0.2, -0.15) is 0 Å². The topological polar surface area (TPSA) is 24.7 Å². The molecule has 1 aliphatic heterocycles. The van der Waals surface area contributed by atoms with Gasteiger partial charge in [-0.15, -0.1) is 0 Å². The summed E-state index contributed by atoms with van der Waals surface area (Å²) in [5, 5.41) is 0. The Hall–Kier alpha value is -2.22. The molecule has 0 aliphatic carbocycles. The molecule has 0 aromatic heterocycles. The van der Waals surface area contributed by atoms with Crippen LogP contribution in [-0.2, 0) is 12.8 Å². The van der Waals surface area contributed by atoms with Gasteiger partial charge in [0.15, 0.2) is 0 Å². The van der Waals surface area contributed by atoms with Crippen molar-refractivity contribution in [2.24, 2.45) is 9.98 Å². The Morgan fingerprint density at radius 1 is 0.625 bits per heavy atom. The summed E-state index contributed by atoms with van der Waals surface area (Å²) in [5.74, 6) is 0. The van der Waals surface area contributed by atoms with Crippen molar-refractivity contribution in [1.29, 1.82) is 0 Å². The summed E-state index contributed by atoms with van der Waals surface area (Å²) in [6.07, 6.45) is 1.78. The first-order chi connectivity index (χ1) is 11.4. The lowest BCUT2D eigenvalue weighted by molar-refractivity contribution is 0.537. The molecule has 2 aromatic rings. The zero-order valence-electron chi connectivity index (χ0n) is 15.1. The quantitative estimate of drug-likeness (QED) is 0.764. The van der Waals surface area contributed by atoms with Crippen molar-refractivity contribution in [2.45, 2.75) is 51.6 Å². The van der Waals surface area contributed by atoms with Crippen LogP contribution in [0, 0.1) is 0 Å². The standard InChI is InChI=1S/C22H26N2/c1-17-21(3,15-19-11-7-5-8-12-19)24-18(2)22(4,23-17)16-20-13-9-6-10-14-20/h5-14H,15-16H2,1-4H3. The van der Waals surface area contributed by atoms with Crippen molar-refractivity contribution >= 4 is 11.4 Å². The Labute approximate surface area is 145 Å². The fourth-order valence-electron chi connectivity index (χ4n) is 3.46. The molecular weight excluding hydrogens is 292 g/mol. The van der Waals surface area contributed by atoms with Gasteiger partial charge in [0.25, 0.3) is 0 Å². The SMILES string of the molecule is CC1=NC(C)(Cc2ccccc2)C(C)=NC1(C)Cc1ccccc1. The maximum absolute atomic E-state index is 5.13. The number of hydrogen-bond donors (Lipinski definition) is 0. The van der Waals surface area contributed by atoms with E-state index in [0.717, 1.165) is 24.3 Å². The van der Waals surface area contributed by atoms with Gasteiger partial charge in [0.2, 0.25) is 0 Å². The van der Waals surface area contributed by atoms with Crippen molar-refractivity contribution in [3.8, 4) is 0 Å². The van der Waals surface area contributed by atoms with E-state index in [1.807, 2.05) is 0 Å². The van der Waals surface area contributed by atoms with Gasteiger partial charge in [-0.25, -0.2) is 0 Å². The molecule has 0 fully saturated rings. The zero-order chi connectivity index (χ0) is 17.2. The first kappa shape index (κ1) is 16.6. The summed E-state index contributed by atoms with van der Waals surface area (Å²) in [6.45, 7) is 8.65. The van der Waals surface area contributed by atoms with Gasteiger partial charge in [-0.3, -0.25) is 9.98 Å². The number of aliphatic imine (C=N–C) groups is 2. The van der Waals surface area contributed by atoms with Gasteiger partial charge >= 0.3 is 0 Å². The van der Waals surface area contributed by atoms with Crippen LogP contribution in [0.5, 0.6) is 0 Å². The lowest BCUT2D eigenvalue weighted by Crippen LogP contribution is -2.47. The molecule has 3 rings (SSSR count). The van der Waals surface area contributed by atoms with E-state index >= 15 is 0 Å². The summed E-state index contributed by atoms with van der Waals surface area (Å²) in [4.78, 5) is 10.3. The third-order valence-corrected chi connectivity index (χ3v) is 5.17. The molecule has 1 heterocycles. The second kappa shape index (κ2) is 6.35. The average Bonchev–Trinajstić information content (AvgIpc) is 2.55. The number of hydrogen-bond acceptors (Lipinski definition) is 2. The minimum Gasteiger partial charge on any atom is -0.279 e. The molecule has 24 heavy (non-hydrogen) atoms. The summed E-state index contributed by atoms with van der Waals surface area (Å²) < 4.78 is 0. The van der Waals surface area contributed by atoms with Crippen molar-refractivity contribution < 1.29 is 0 Å². The van der Waals surface area contributed by atoms with Crippen LogP contribution in [0.4, 0.5) is 0 Å². The van der Waals surface area contributed by atoms with Crippen molar-refractivity contribution in [3.63, 3.8) is 0 Å². The Bertz CT molecular complexity index is 694. The van der Waals surface area contributed by atoms with Crippen LogP contribution < -0.4 is 0 Å². The van der Waals surface area contributed by atoms with Crippen LogP contribution in [0.15, 0.2) is 70.6 Å². The van der Waals surface area contributed by atoms with Crippen molar-refractivity contribution in [2.75, 3.05) is 0 Å². The minimum absolute atomic E-state index is 0.248. The highest BCUT2D eigenvalue weighted by Gasteiger charge is 2.38. The predicted molar refractivity (Wildman–Crippen MR) is 103 cm³/mol. The van der Waals surface area contributed by atoms with Gasteiger partial charge in [0.1, 0.15) is 0 Å². The van der Waals surface area contributed by atoms with Crippen LogP contribution in [0.3, 0.4) is 0 Å². The minimum atomic E-state index is -0.248. The summed E-state index contributed by atoms with van der Waals surface area (Å²) >= 11 is 0. The zero-order valence-corrected chi connectivity index (χ0v) is 15.1. The molecule has 0 saturated heterocycles. The average molecular weight is 318 g/mol. The molecule has 2 atom stereocenters. The van der Waals surface area contributed by atoms with Crippen LogP contribution in [0.2, 0.25) is 0 Å². The first-order valence-corrected chi connectivity index (χ1v) is 8.63. The van der Waals surface area contributed by atoms with Gasteiger partial charge in [0, 0.05) is 24.3 Å². The molecule has 2 unspecified atom stereocenters. The monoisotopic (exact) mass is 318 g/mol. The Morgan fingerprint density at radius 3 is 1.29 bits per heavy atom. The maximum atomic E-state index is 5.13. The second-order valence-electron chi connectivity index (χ2n) is 7.27. The predicted octanol–water partition coefficient (Wildman–Crippen LogP) is 4.92. The van der Waals surface area contributed by atoms with E-state index in [2.05, 4.69) is 88.4 Å². The van der Waals surface area contributed by atoms with E-state index in [4.69, 9.17) is 9.98 Å². The Balaban J connectivity index is 1.88. The molecule has 2 heteroatoms. The highest BCUT2D eigenvalue weighted by atomic mass is 15.0. The summed E-state index contributed by atoms with van der Waals surface area (Å²) in [7, 11) is 0. The molecule has 2 aromatic carbocycles. The fourth-order valence-corrected chi connectivity index (χ4v) is 3.46. The fraction of sp³-hybridized carbons (Fsp3) is 0.364. The summed E-state index contributed by atoms with van der Waals surface area (Å²) in [5.41, 5.74) is 4.35. The highest BCUT2D eigenvalue weighted by molar-refractivity contribution is 6.03. The van der Waals surface area contributed by atoms with E-state index in [9.17, 15) is 0 Å². The Kier molecular flexibility index (Phi) is 4.40. The van der Waals surface area contributed by atoms with Gasteiger partial charge in [-0.1, -0.05) is 60.7 Å². The van der Waals surface area contributed by atoms with Crippen molar-refractivity contribution in [1.82, 2.24) is 0 Å². The van der Waals surface area contributed by atoms with Crippen molar-refractivity contribution in [3.05, 3.63) is 71.8 Å². The van der Waals surface area contributed by atoms with Crippen LogP contribution in [0.25, 0.3) is 0 Å². The summed E-state index contributed by atoms with van der Waals surface area (Å²) in [6, 6.07) is 21.1. The molecule has 0 bridgehead atoms. The molecule has 0 amide bonds. The lowest BCUT2D eigenvalue weighted by Gasteiger charge is -2.38. The molecule has 124 valence electrons. The van der Waals surface area contributed by atoms with Crippen LogP contribution in [0.1, 0.15) is 38.8 Å². The van der Waals surface area contributed by atoms with E-state index in [-0.39, 0.29) is 11.1 Å². The van der Waals surface area contributed by atoms with Gasteiger partial charge < -0.3 is 0 Å². The van der Waals surface area contributed by atoms with Crippen LogP contribution >= 0.6 is 0 Å². The molecule has 2 nitrogen and oxygen atoms in total. The normalized spacial score (nSPS) is 26.7. The van der Waals surface area contributed by atoms with Gasteiger partial charge in [-0.05, 0) is 38.8 Å². The number of rotatable bonds is 4. The van der Waals surface area contributed by atoms with E-state index < -0.39 is 0 Å². The molecule has 0 spiro atoms.